The SMILES string of the molecule is C=C(C)COCC(=C)C(=O)OCC(c1ccccc1)c1ccccc1. The molecule has 0 heterocycles. The first-order valence-electron chi connectivity index (χ1n) is 8.25. The standard InChI is InChI=1S/C22H24O3/c1-17(2)14-24-15-18(3)22(23)25-16-21(19-10-6-4-7-11-19)20-12-8-5-9-13-20/h4-13,21H,1,3,14-16H2,2H3. The lowest BCUT2D eigenvalue weighted by molar-refractivity contribution is -0.139. The Bertz CT molecular complexity index is 665. The molecule has 0 bridgehead atoms. The molecule has 0 radical (unpaired) electrons. The molecule has 3 nitrogen and oxygen atoms in total. The normalized spacial score (nSPS) is 10.5. The average molecular weight is 336 g/mol. The Morgan fingerprint density at radius 1 is 0.920 bits per heavy atom. The van der Waals surface area contributed by atoms with E-state index >= 15 is 0 Å². The van der Waals surface area contributed by atoms with Gasteiger partial charge in [-0.15, -0.1) is 0 Å². The lowest BCUT2D eigenvalue weighted by Gasteiger charge is -2.18. The molecule has 0 aliphatic rings. The minimum atomic E-state index is -0.432. The van der Waals surface area contributed by atoms with Crippen LogP contribution in [0.3, 0.4) is 0 Å². The summed E-state index contributed by atoms with van der Waals surface area (Å²) in [6.45, 7) is 10.2. The van der Waals surface area contributed by atoms with E-state index in [-0.39, 0.29) is 19.1 Å². The van der Waals surface area contributed by atoms with Gasteiger partial charge in [0.05, 0.1) is 18.8 Å². The van der Waals surface area contributed by atoms with E-state index in [0.717, 1.165) is 16.7 Å². The minimum absolute atomic E-state index is 0.0181. The predicted octanol–water partition coefficient (Wildman–Crippen LogP) is 4.51. The van der Waals surface area contributed by atoms with Crippen LogP contribution in [0.5, 0.6) is 0 Å². The summed E-state index contributed by atoms with van der Waals surface area (Å²) >= 11 is 0. The molecule has 0 aliphatic heterocycles. The maximum Gasteiger partial charge on any atom is 0.335 e. The van der Waals surface area contributed by atoms with Gasteiger partial charge in [-0.05, 0) is 18.1 Å². The summed E-state index contributed by atoms with van der Waals surface area (Å²) in [5.41, 5.74) is 3.41. The van der Waals surface area contributed by atoms with Gasteiger partial charge in [0.1, 0.15) is 6.61 Å². The highest BCUT2D eigenvalue weighted by molar-refractivity contribution is 5.88. The highest BCUT2D eigenvalue weighted by atomic mass is 16.5. The van der Waals surface area contributed by atoms with Gasteiger partial charge in [-0.25, -0.2) is 4.79 Å². The Morgan fingerprint density at radius 2 is 1.44 bits per heavy atom. The highest BCUT2D eigenvalue weighted by Crippen LogP contribution is 2.25. The predicted molar refractivity (Wildman–Crippen MR) is 100 cm³/mol. The van der Waals surface area contributed by atoms with E-state index in [2.05, 4.69) is 13.2 Å². The maximum absolute atomic E-state index is 12.2. The van der Waals surface area contributed by atoms with Crippen LogP contribution in [-0.2, 0) is 14.3 Å². The maximum atomic E-state index is 12.2. The molecule has 130 valence electrons. The van der Waals surface area contributed by atoms with Crippen molar-refractivity contribution < 1.29 is 14.3 Å². The fourth-order valence-electron chi connectivity index (χ4n) is 2.42. The van der Waals surface area contributed by atoms with E-state index in [0.29, 0.717) is 12.2 Å². The molecule has 0 aliphatic carbocycles. The molecule has 0 saturated heterocycles. The van der Waals surface area contributed by atoms with Crippen LogP contribution >= 0.6 is 0 Å². The molecule has 0 amide bonds. The third-order valence-corrected chi connectivity index (χ3v) is 3.70. The number of benzene rings is 2. The van der Waals surface area contributed by atoms with Gasteiger partial charge in [-0.2, -0.15) is 0 Å². The van der Waals surface area contributed by atoms with Gasteiger partial charge >= 0.3 is 5.97 Å². The first-order valence-corrected chi connectivity index (χ1v) is 8.25. The second-order valence-electron chi connectivity index (χ2n) is 6.03. The Balaban J connectivity index is 1.99. The van der Waals surface area contributed by atoms with Crippen molar-refractivity contribution in [2.45, 2.75) is 12.8 Å². The Labute approximate surface area is 149 Å². The number of esters is 1. The van der Waals surface area contributed by atoms with Crippen molar-refractivity contribution in [2.24, 2.45) is 0 Å². The van der Waals surface area contributed by atoms with E-state index in [9.17, 15) is 4.79 Å². The van der Waals surface area contributed by atoms with E-state index in [1.54, 1.807) is 0 Å². The quantitative estimate of drug-likeness (QED) is 0.384. The lowest BCUT2D eigenvalue weighted by atomic mass is 9.92. The van der Waals surface area contributed by atoms with Crippen molar-refractivity contribution in [3.63, 3.8) is 0 Å². The van der Waals surface area contributed by atoms with E-state index in [1.165, 1.54) is 0 Å². The monoisotopic (exact) mass is 336 g/mol. The zero-order valence-electron chi connectivity index (χ0n) is 14.6. The summed E-state index contributed by atoms with van der Waals surface area (Å²) in [7, 11) is 0. The van der Waals surface area contributed by atoms with Crippen molar-refractivity contribution in [3.05, 3.63) is 96.1 Å². The molecule has 2 rings (SSSR count). The van der Waals surface area contributed by atoms with Crippen molar-refractivity contribution in [1.29, 1.82) is 0 Å². The number of ether oxygens (including phenoxy) is 2. The number of hydrogen-bond acceptors (Lipinski definition) is 3. The van der Waals surface area contributed by atoms with Gasteiger partial charge in [0.15, 0.2) is 0 Å². The fraction of sp³-hybridized carbons (Fsp3) is 0.227. The van der Waals surface area contributed by atoms with Crippen LogP contribution in [0, 0.1) is 0 Å². The summed E-state index contributed by atoms with van der Waals surface area (Å²) in [5.74, 6) is -0.450. The molecular weight excluding hydrogens is 312 g/mol. The smallest absolute Gasteiger partial charge is 0.335 e. The van der Waals surface area contributed by atoms with Crippen LogP contribution in [0.15, 0.2) is 85.0 Å². The van der Waals surface area contributed by atoms with E-state index in [1.807, 2.05) is 67.6 Å². The van der Waals surface area contributed by atoms with Crippen molar-refractivity contribution >= 4 is 5.97 Å². The van der Waals surface area contributed by atoms with Gasteiger partial charge in [-0.3, -0.25) is 0 Å². The molecule has 2 aromatic carbocycles. The van der Waals surface area contributed by atoms with Crippen molar-refractivity contribution in [2.75, 3.05) is 19.8 Å². The average Bonchev–Trinajstić information content (AvgIpc) is 2.63. The largest absolute Gasteiger partial charge is 0.461 e. The zero-order chi connectivity index (χ0) is 18.1. The van der Waals surface area contributed by atoms with Gasteiger partial charge < -0.3 is 9.47 Å². The first kappa shape index (κ1) is 18.7. The summed E-state index contributed by atoms with van der Waals surface area (Å²) in [6.07, 6.45) is 0. The van der Waals surface area contributed by atoms with E-state index in [4.69, 9.17) is 9.47 Å². The second kappa shape index (κ2) is 9.60. The number of carbonyl (C=O) groups is 1. The summed E-state index contributed by atoms with van der Waals surface area (Å²) in [5, 5.41) is 0. The molecule has 25 heavy (non-hydrogen) atoms. The molecule has 0 saturated carbocycles. The Kier molecular flexibility index (Phi) is 7.17. The van der Waals surface area contributed by atoms with Crippen LogP contribution in [-0.4, -0.2) is 25.8 Å². The fourth-order valence-corrected chi connectivity index (χ4v) is 2.42. The van der Waals surface area contributed by atoms with Crippen LogP contribution < -0.4 is 0 Å². The number of carbonyl (C=O) groups excluding carboxylic acids is 1. The van der Waals surface area contributed by atoms with Crippen LogP contribution in [0.25, 0.3) is 0 Å². The van der Waals surface area contributed by atoms with Gasteiger partial charge in [0.2, 0.25) is 0 Å². The highest BCUT2D eigenvalue weighted by Gasteiger charge is 2.17. The number of rotatable bonds is 9. The second-order valence-corrected chi connectivity index (χ2v) is 6.03. The first-order chi connectivity index (χ1) is 12.1. The topological polar surface area (TPSA) is 35.5 Å². The van der Waals surface area contributed by atoms with E-state index < -0.39 is 5.97 Å². The molecule has 0 unspecified atom stereocenters. The molecule has 0 spiro atoms. The molecule has 0 aromatic heterocycles. The third kappa shape index (κ3) is 6.05. The third-order valence-electron chi connectivity index (χ3n) is 3.70. The molecule has 2 aromatic rings. The van der Waals surface area contributed by atoms with Crippen LogP contribution in [0.4, 0.5) is 0 Å². The minimum Gasteiger partial charge on any atom is -0.461 e. The zero-order valence-corrected chi connectivity index (χ0v) is 14.6. The molecule has 0 fully saturated rings. The van der Waals surface area contributed by atoms with Gasteiger partial charge in [-0.1, -0.05) is 79.4 Å². The molecular formula is C22H24O3. The summed E-state index contributed by atoms with van der Waals surface area (Å²) in [4.78, 5) is 12.2. The van der Waals surface area contributed by atoms with Crippen molar-refractivity contribution in [1.82, 2.24) is 0 Å². The Hall–Kier alpha value is -2.65. The molecule has 3 heteroatoms. The number of hydrogen-bond donors (Lipinski definition) is 0. The summed E-state index contributed by atoms with van der Waals surface area (Å²) in [6, 6.07) is 20.0. The summed E-state index contributed by atoms with van der Waals surface area (Å²) < 4.78 is 10.8. The molecule has 0 N–H and O–H groups in total. The Morgan fingerprint density at radius 3 is 1.92 bits per heavy atom. The lowest BCUT2D eigenvalue weighted by Crippen LogP contribution is -2.17. The van der Waals surface area contributed by atoms with Crippen LogP contribution in [0.2, 0.25) is 0 Å². The van der Waals surface area contributed by atoms with Gasteiger partial charge in [0, 0.05) is 5.92 Å². The molecule has 0 atom stereocenters. The van der Waals surface area contributed by atoms with Gasteiger partial charge in [0.25, 0.3) is 0 Å². The van der Waals surface area contributed by atoms with Crippen LogP contribution in [0.1, 0.15) is 24.0 Å². The van der Waals surface area contributed by atoms with Crippen molar-refractivity contribution in [3.8, 4) is 0 Å².